The highest BCUT2D eigenvalue weighted by Gasteiger charge is 2.23. The Kier molecular flexibility index (Phi) is 6.96. The number of amides is 2. The van der Waals surface area contributed by atoms with Crippen molar-refractivity contribution in [3.8, 4) is 0 Å². The first-order chi connectivity index (χ1) is 14.9. The van der Waals surface area contributed by atoms with E-state index in [-0.39, 0.29) is 18.0 Å². The van der Waals surface area contributed by atoms with Gasteiger partial charge < -0.3 is 15.0 Å². The molecule has 0 aliphatic rings. The summed E-state index contributed by atoms with van der Waals surface area (Å²) >= 11 is 0. The molecule has 3 rings (SSSR count). The Morgan fingerprint density at radius 2 is 1.94 bits per heavy atom. The number of aryl methyl sites for hydroxylation is 2. The van der Waals surface area contributed by atoms with Crippen LogP contribution in [0.3, 0.4) is 0 Å². The van der Waals surface area contributed by atoms with E-state index in [1.54, 1.807) is 31.5 Å². The highest BCUT2D eigenvalue weighted by Crippen LogP contribution is 2.15. The summed E-state index contributed by atoms with van der Waals surface area (Å²) in [6.07, 6.45) is 3.89. The molecule has 0 fully saturated rings. The van der Waals surface area contributed by atoms with Crippen LogP contribution in [0.25, 0.3) is 5.65 Å². The molecule has 0 saturated heterocycles. The van der Waals surface area contributed by atoms with E-state index in [9.17, 15) is 14.4 Å². The Labute approximate surface area is 180 Å². The van der Waals surface area contributed by atoms with Crippen LogP contribution in [-0.4, -0.2) is 57.0 Å². The third kappa shape index (κ3) is 5.25. The number of benzene rings is 1. The van der Waals surface area contributed by atoms with Crippen LogP contribution in [0.15, 0.2) is 42.7 Å². The molecular weight excluding hydrogens is 398 g/mol. The third-order valence-electron chi connectivity index (χ3n) is 4.70. The third-order valence-corrected chi connectivity index (χ3v) is 4.70. The number of aromatic nitrogens is 3. The van der Waals surface area contributed by atoms with Gasteiger partial charge in [0, 0.05) is 24.6 Å². The predicted octanol–water partition coefficient (Wildman–Crippen LogP) is 2.38. The van der Waals surface area contributed by atoms with Crippen LogP contribution in [0, 0.1) is 13.8 Å². The highest BCUT2D eigenvalue weighted by atomic mass is 16.5. The van der Waals surface area contributed by atoms with E-state index >= 15 is 0 Å². The van der Waals surface area contributed by atoms with Gasteiger partial charge in [0.25, 0.3) is 5.91 Å². The highest BCUT2D eigenvalue weighted by molar-refractivity contribution is 5.99. The monoisotopic (exact) mass is 423 g/mol. The molecule has 9 nitrogen and oxygen atoms in total. The van der Waals surface area contributed by atoms with Gasteiger partial charge in [-0.3, -0.25) is 9.59 Å². The molecule has 2 amide bonds. The Morgan fingerprint density at radius 3 is 2.68 bits per heavy atom. The van der Waals surface area contributed by atoms with Crippen molar-refractivity contribution < 1.29 is 19.1 Å². The fourth-order valence-electron chi connectivity index (χ4n) is 3.16. The zero-order valence-electron chi connectivity index (χ0n) is 17.8. The van der Waals surface area contributed by atoms with Crippen LogP contribution in [0.2, 0.25) is 0 Å². The number of nitrogens with one attached hydrogen (secondary N) is 1. The number of anilines is 1. The summed E-state index contributed by atoms with van der Waals surface area (Å²) in [5.41, 5.74) is 2.65. The lowest BCUT2D eigenvalue weighted by atomic mass is 10.2. The normalized spacial score (nSPS) is 10.7. The lowest BCUT2D eigenvalue weighted by Gasteiger charge is -2.21. The van der Waals surface area contributed by atoms with Crippen molar-refractivity contribution in [3.63, 3.8) is 0 Å². The van der Waals surface area contributed by atoms with Crippen molar-refractivity contribution in [1.82, 2.24) is 19.5 Å². The van der Waals surface area contributed by atoms with E-state index < -0.39 is 18.5 Å². The number of carbonyl (C=O) groups is 3. The zero-order valence-corrected chi connectivity index (χ0v) is 17.8. The Bertz CT molecular complexity index is 1110. The van der Waals surface area contributed by atoms with Crippen molar-refractivity contribution in [3.05, 3.63) is 59.5 Å². The predicted molar refractivity (Wildman–Crippen MR) is 115 cm³/mol. The number of carbonyl (C=O) groups excluding carboxylic acids is 3. The van der Waals surface area contributed by atoms with Crippen molar-refractivity contribution in [2.75, 3.05) is 25.0 Å². The number of rotatable bonds is 8. The van der Waals surface area contributed by atoms with Gasteiger partial charge in [0.1, 0.15) is 5.56 Å². The van der Waals surface area contributed by atoms with Gasteiger partial charge in [-0.15, -0.1) is 0 Å². The summed E-state index contributed by atoms with van der Waals surface area (Å²) in [5, 5.41) is 7.03. The number of nitrogens with zero attached hydrogens (tertiary/aromatic N) is 4. The van der Waals surface area contributed by atoms with E-state index in [1.807, 2.05) is 32.0 Å². The molecule has 0 aliphatic carbocycles. The number of esters is 1. The molecule has 0 radical (unpaired) electrons. The first-order valence-electron chi connectivity index (χ1n) is 10.0. The van der Waals surface area contributed by atoms with Crippen molar-refractivity contribution in [2.45, 2.75) is 27.2 Å². The summed E-state index contributed by atoms with van der Waals surface area (Å²) in [6.45, 7) is 5.23. The average molecular weight is 423 g/mol. The summed E-state index contributed by atoms with van der Waals surface area (Å²) in [7, 11) is 0. The SMILES string of the molecule is CCCN(CC(=O)Nc1ccccc1C)C(=O)COC(=O)c1c(C)nn2cccnc12. The number of hydrogen-bond acceptors (Lipinski definition) is 6. The van der Waals surface area contributed by atoms with Gasteiger partial charge in [-0.2, -0.15) is 5.10 Å². The molecule has 9 heteroatoms. The summed E-state index contributed by atoms with van der Waals surface area (Å²) in [6, 6.07) is 9.10. The maximum absolute atomic E-state index is 12.6. The number of para-hydroxylation sites is 1. The molecule has 2 heterocycles. The second kappa shape index (κ2) is 9.84. The van der Waals surface area contributed by atoms with Gasteiger partial charge in [-0.05, 0) is 38.0 Å². The lowest BCUT2D eigenvalue weighted by molar-refractivity contribution is -0.137. The fraction of sp³-hybridized carbons (Fsp3) is 0.318. The van der Waals surface area contributed by atoms with Gasteiger partial charge in [0.2, 0.25) is 5.91 Å². The van der Waals surface area contributed by atoms with E-state index in [1.165, 1.54) is 9.42 Å². The first-order valence-corrected chi connectivity index (χ1v) is 10.0. The summed E-state index contributed by atoms with van der Waals surface area (Å²) in [5.74, 6) is -1.44. The van der Waals surface area contributed by atoms with E-state index in [4.69, 9.17) is 4.74 Å². The molecule has 0 spiro atoms. The van der Waals surface area contributed by atoms with Gasteiger partial charge in [0.15, 0.2) is 12.3 Å². The van der Waals surface area contributed by atoms with Crippen molar-refractivity contribution >= 4 is 29.1 Å². The van der Waals surface area contributed by atoms with Crippen LogP contribution < -0.4 is 5.32 Å². The summed E-state index contributed by atoms with van der Waals surface area (Å²) in [4.78, 5) is 43.2. The number of fused-ring (bicyclic) bond motifs is 1. The Balaban J connectivity index is 1.62. The molecule has 0 aliphatic heterocycles. The van der Waals surface area contributed by atoms with Crippen LogP contribution in [0.4, 0.5) is 5.69 Å². The second-order valence-electron chi connectivity index (χ2n) is 7.10. The Morgan fingerprint density at radius 1 is 1.16 bits per heavy atom. The molecule has 3 aromatic rings. The lowest BCUT2D eigenvalue weighted by Crippen LogP contribution is -2.40. The molecule has 0 atom stereocenters. The first kappa shape index (κ1) is 21.9. The largest absolute Gasteiger partial charge is 0.452 e. The van der Waals surface area contributed by atoms with Crippen LogP contribution in [-0.2, 0) is 14.3 Å². The van der Waals surface area contributed by atoms with Crippen LogP contribution >= 0.6 is 0 Å². The number of hydrogen-bond donors (Lipinski definition) is 1. The van der Waals surface area contributed by atoms with Gasteiger partial charge in [0.05, 0.1) is 12.2 Å². The molecule has 0 unspecified atom stereocenters. The maximum Gasteiger partial charge on any atom is 0.344 e. The summed E-state index contributed by atoms with van der Waals surface area (Å²) < 4.78 is 6.71. The minimum absolute atomic E-state index is 0.129. The smallest absolute Gasteiger partial charge is 0.344 e. The van der Waals surface area contributed by atoms with Crippen molar-refractivity contribution in [1.29, 1.82) is 0 Å². The van der Waals surface area contributed by atoms with Gasteiger partial charge in [-0.25, -0.2) is 14.3 Å². The number of ether oxygens (including phenoxy) is 1. The standard InChI is InChI=1S/C22H25N5O4/c1-4-11-26(13-18(28)24-17-9-6-5-8-15(17)2)19(29)14-31-22(30)20-16(3)25-27-12-7-10-23-21(20)27/h5-10,12H,4,11,13-14H2,1-3H3,(H,24,28). The maximum atomic E-state index is 12.6. The van der Waals surface area contributed by atoms with Gasteiger partial charge >= 0.3 is 5.97 Å². The molecule has 31 heavy (non-hydrogen) atoms. The zero-order chi connectivity index (χ0) is 22.4. The second-order valence-corrected chi connectivity index (χ2v) is 7.10. The van der Waals surface area contributed by atoms with E-state index in [0.717, 1.165) is 5.56 Å². The van der Waals surface area contributed by atoms with Gasteiger partial charge in [-0.1, -0.05) is 25.1 Å². The van der Waals surface area contributed by atoms with E-state index in [2.05, 4.69) is 15.4 Å². The molecule has 1 aromatic carbocycles. The fourth-order valence-corrected chi connectivity index (χ4v) is 3.16. The molecule has 0 bridgehead atoms. The minimum atomic E-state index is -0.680. The average Bonchev–Trinajstić information content (AvgIpc) is 3.09. The quantitative estimate of drug-likeness (QED) is 0.558. The Hall–Kier alpha value is -3.75. The molecule has 1 N–H and O–H groups in total. The molecular formula is C22H25N5O4. The van der Waals surface area contributed by atoms with Crippen LogP contribution in [0.5, 0.6) is 0 Å². The van der Waals surface area contributed by atoms with Crippen LogP contribution in [0.1, 0.15) is 35.0 Å². The minimum Gasteiger partial charge on any atom is -0.452 e. The molecule has 0 saturated carbocycles. The van der Waals surface area contributed by atoms with Crippen molar-refractivity contribution in [2.24, 2.45) is 0 Å². The van der Waals surface area contributed by atoms with E-state index in [0.29, 0.717) is 30.0 Å². The topological polar surface area (TPSA) is 106 Å². The molecule has 2 aromatic heterocycles. The molecule has 162 valence electrons.